The van der Waals surface area contributed by atoms with Crippen LogP contribution in [-0.4, -0.2) is 0 Å². The van der Waals surface area contributed by atoms with Gasteiger partial charge in [-0.1, -0.05) is 218 Å². The van der Waals surface area contributed by atoms with E-state index in [4.69, 9.17) is 0 Å². The highest BCUT2D eigenvalue weighted by Gasteiger charge is 2.23. The minimum absolute atomic E-state index is 1.08. The van der Waals surface area contributed by atoms with Crippen molar-refractivity contribution in [3.8, 4) is 55.6 Å². The summed E-state index contributed by atoms with van der Waals surface area (Å²) in [5, 5.41) is 9.83. The monoisotopic (exact) mass is 825 g/mol. The van der Waals surface area contributed by atoms with Crippen molar-refractivity contribution in [2.45, 2.75) is 0 Å². The average Bonchev–Trinajstić information content (AvgIpc) is 3.39. The number of benzene rings is 12. The molecular formula is C64H43N. The minimum Gasteiger partial charge on any atom is -0.310 e. The first kappa shape index (κ1) is 38.2. The Morgan fingerprint density at radius 2 is 0.754 bits per heavy atom. The van der Waals surface area contributed by atoms with Crippen LogP contribution in [0.4, 0.5) is 17.1 Å². The lowest BCUT2D eigenvalue weighted by atomic mass is 9.87. The lowest BCUT2D eigenvalue weighted by molar-refractivity contribution is 1.29. The molecule has 0 radical (unpaired) electrons. The molecule has 0 bridgehead atoms. The van der Waals surface area contributed by atoms with Crippen molar-refractivity contribution in [3.63, 3.8) is 0 Å². The van der Waals surface area contributed by atoms with Crippen LogP contribution in [0.3, 0.4) is 0 Å². The Kier molecular flexibility index (Phi) is 9.58. The Morgan fingerprint density at radius 1 is 0.215 bits per heavy atom. The zero-order valence-corrected chi connectivity index (χ0v) is 35.8. The SMILES string of the molecule is c1ccc(-c2ccc(N(c3ccc(-c4cc5ccccc5c5ccccc45)c(-c4cccc5ccccc45)c3)c3ccc4cc(-c5ccccc5)ccc4c3-c3ccccc3)cc2)cc1. The summed E-state index contributed by atoms with van der Waals surface area (Å²) in [5.74, 6) is 0. The fraction of sp³-hybridized carbons (Fsp3) is 0. The lowest BCUT2D eigenvalue weighted by Gasteiger charge is -2.30. The van der Waals surface area contributed by atoms with Gasteiger partial charge in [0.2, 0.25) is 0 Å². The van der Waals surface area contributed by atoms with E-state index in [1.165, 1.54) is 98.7 Å². The van der Waals surface area contributed by atoms with E-state index in [1.807, 2.05) is 0 Å². The zero-order chi connectivity index (χ0) is 43.1. The van der Waals surface area contributed by atoms with Gasteiger partial charge in [-0.15, -0.1) is 0 Å². The maximum atomic E-state index is 2.47. The number of hydrogen-bond acceptors (Lipinski definition) is 1. The molecule has 1 heteroatoms. The molecular weight excluding hydrogens is 783 g/mol. The molecule has 0 unspecified atom stereocenters. The molecule has 0 aliphatic heterocycles. The van der Waals surface area contributed by atoms with Crippen molar-refractivity contribution >= 4 is 60.2 Å². The van der Waals surface area contributed by atoms with Crippen molar-refractivity contribution in [2.75, 3.05) is 4.90 Å². The topological polar surface area (TPSA) is 3.24 Å². The van der Waals surface area contributed by atoms with Gasteiger partial charge in [-0.25, -0.2) is 0 Å². The highest BCUT2D eigenvalue weighted by Crippen LogP contribution is 2.49. The van der Waals surface area contributed by atoms with Crippen molar-refractivity contribution in [3.05, 3.63) is 261 Å². The minimum atomic E-state index is 1.08. The van der Waals surface area contributed by atoms with E-state index in [9.17, 15) is 0 Å². The molecule has 304 valence electrons. The Balaban J connectivity index is 1.14. The van der Waals surface area contributed by atoms with E-state index in [0.717, 1.165) is 17.1 Å². The van der Waals surface area contributed by atoms with Crippen LogP contribution in [0.2, 0.25) is 0 Å². The molecule has 0 amide bonds. The highest BCUT2D eigenvalue weighted by molar-refractivity contribution is 6.16. The van der Waals surface area contributed by atoms with Crippen LogP contribution in [0.5, 0.6) is 0 Å². The summed E-state index contributed by atoms with van der Waals surface area (Å²) in [7, 11) is 0. The van der Waals surface area contributed by atoms with Gasteiger partial charge in [-0.05, 0) is 136 Å². The van der Waals surface area contributed by atoms with E-state index < -0.39 is 0 Å². The molecule has 12 aromatic rings. The van der Waals surface area contributed by atoms with Crippen LogP contribution in [-0.2, 0) is 0 Å². The largest absolute Gasteiger partial charge is 0.310 e. The van der Waals surface area contributed by atoms with E-state index in [0.29, 0.717) is 0 Å². The molecule has 0 N–H and O–H groups in total. The molecule has 0 atom stereocenters. The Morgan fingerprint density at radius 3 is 1.49 bits per heavy atom. The van der Waals surface area contributed by atoms with E-state index in [-0.39, 0.29) is 0 Å². The quantitative estimate of drug-likeness (QED) is 0.138. The lowest BCUT2D eigenvalue weighted by Crippen LogP contribution is -2.12. The zero-order valence-electron chi connectivity index (χ0n) is 35.8. The predicted octanol–water partition coefficient (Wildman–Crippen LogP) is 18.1. The summed E-state index contributed by atoms with van der Waals surface area (Å²) >= 11 is 0. The van der Waals surface area contributed by atoms with Gasteiger partial charge in [0.05, 0.1) is 5.69 Å². The van der Waals surface area contributed by atoms with Gasteiger partial charge < -0.3 is 4.90 Å². The summed E-state index contributed by atoms with van der Waals surface area (Å²) < 4.78 is 0. The summed E-state index contributed by atoms with van der Waals surface area (Å²) in [5.41, 5.74) is 15.2. The average molecular weight is 826 g/mol. The second kappa shape index (κ2) is 16.3. The second-order valence-electron chi connectivity index (χ2n) is 16.8. The molecule has 12 rings (SSSR count). The van der Waals surface area contributed by atoms with Gasteiger partial charge in [-0.3, -0.25) is 0 Å². The maximum Gasteiger partial charge on any atom is 0.0546 e. The van der Waals surface area contributed by atoms with E-state index in [2.05, 4.69) is 266 Å². The highest BCUT2D eigenvalue weighted by atomic mass is 15.1. The Bertz CT molecular complexity index is 3680. The van der Waals surface area contributed by atoms with Crippen LogP contribution >= 0.6 is 0 Å². The summed E-state index contributed by atoms with van der Waals surface area (Å²) in [6, 6.07) is 95.5. The number of anilines is 3. The first-order valence-corrected chi connectivity index (χ1v) is 22.4. The van der Waals surface area contributed by atoms with Crippen molar-refractivity contribution < 1.29 is 0 Å². The van der Waals surface area contributed by atoms with Crippen LogP contribution in [0.25, 0.3) is 98.7 Å². The summed E-state index contributed by atoms with van der Waals surface area (Å²) in [6.07, 6.45) is 0. The van der Waals surface area contributed by atoms with Crippen molar-refractivity contribution in [1.29, 1.82) is 0 Å². The Hall–Kier alpha value is -8.52. The van der Waals surface area contributed by atoms with Gasteiger partial charge in [0.1, 0.15) is 0 Å². The molecule has 0 heterocycles. The van der Waals surface area contributed by atoms with Gasteiger partial charge in [-0.2, -0.15) is 0 Å². The number of fused-ring (bicyclic) bond motifs is 5. The third-order valence-corrected chi connectivity index (χ3v) is 13.0. The maximum absolute atomic E-state index is 2.47. The number of rotatable bonds is 8. The molecule has 12 aromatic carbocycles. The van der Waals surface area contributed by atoms with Gasteiger partial charge in [0, 0.05) is 16.9 Å². The van der Waals surface area contributed by atoms with E-state index >= 15 is 0 Å². The molecule has 0 fully saturated rings. The second-order valence-corrected chi connectivity index (χ2v) is 16.8. The van der Waals surface area contributed by atoms with Crippen molar-refractivity contribution in [2.24, 2.45) is 0 Å². The first-order valence-electron chi connectivity index (χ1n) is 22.4. The molecule has 0 aliphatic rings. The van der Waals surface area contributed by atoms with Gasteiger partial charge >= 0.3 is 0 Å². The Labute approximate surface area is 379 Å². The molecule has 0 saturated heterocycles. The molecule has 1 nitrogen and oxygen atoms in total. The normalized spacial score (nSPS) is 11.4. The van der Waals surface area contributed by atoms with Crippen molar-refractivity contribution in [1.82, 2.24) is 0 Å². The third kappa shape index (κ3) is 6.92. The molecule has 0 aromatic heterocycles. The third-order valence-electron chi connectivity index (χ3n) is 13.0. The standard InChI is InChI=1S/C64H43N/c1-4-17-44(18-5-1)46-31-35-52(36-32-46)65(63-40-34-51-41-49(45-19-6-2-7-20-45)33-38-56(51)64(63)48-22-8-3-9-23-48)53-37-39-60(62(43-53)58-30-16-25-47-21-10-12-26-54(47)58)61-42-50-24-11-13-27-55(50)57-28-14-15-29-59(57)61/h1-43H. The van der Waals surface area contributed by atoms with Crippen LogP contribution in [0.1, 0.15) is 0 Å². The summed E-state index contributed by atoms with van der Waals surface area (Å²) in [6.45, 7) is 0. The number of hydrogen-bond donors (Lipinski definition) is 0. The fourth-order valence-electron chi connectivity index (χ4n) is 9.95. The van der Waals surface area contributed by atoms with E-state index in [1.54, 1.807) is 0 Å². The molecule has 65 heavy (non-hydrogen) atoms. The molecule has 0 aliphatic carbocycles. The molecule has 0 spiro atoms. The van der Waals surface area contributed by atoms with Crippen LogP contribution in [0, 0.1) is 0 Å². The fourth-order valence-corrected chi connectivity index (χ4v) is 9.95. The number of nitrogens with zero attached hydrogens (tertiary/aromatic N) is 1. The van der Waals surface area contributed by atoms with Gasteiger partial charge in [0.15, 0.2) is 0 Å². The molecule has 0 saturated carbocycles. The first-order chi connectivity index (χ1) is 32.2. The summed E-state index contributed by atoms with van der Waals surface area (Å²) in [4.78, 5) is 2.47. The van der Waals surface area contributed by atoms with Gasteiger partial charge in [0.25, 0.3) is 0 Å². The smallest absolute Gasteiger partial charge is 0.0546 e. The predicted molar refractivity (Wildman–Crippen MR) is 278 cm³/mol. The van der Waals surface area contributed by atoms with Crippen LogP contribution in [0.15, 0.2) is 261 Å². The van der Waals surface area contributed by atoms with Crippen LogP contribution < -0.4 is 4.90 Å².